The van der Waals surface area contributed by atoms with Gasteiger partial charge in [0.1, 0.15) is 0 Å². The first kappa shape index (κ1) is 12.1. The zero-order valence-corrected chi connectivity index (χ0v) is 10.1. The van der Waals surface area contributed by atoms with Crippen molar-refractivity contribution in [3.8, 4) is 11.1 Å². The summed E-state index contributed by atoms with van der Waals surface area (Å²) in [5.41, 5.74) is 2.55. The summed E-state index contributed by atoms with van der Waals surface area (Å²) in [5.74, 6) is 0. The highest BCUT2D eigenvalue weighted by molar-refractivity contribution is 5.62. The first-order chi connectivity index (χ1) is 8.97. The lowest BCUT2D eigenvalue weighted by atomic mass is 10.1. The smallest absolute Gasteiger partial charge is 0.224 e. The second kappa shape index (κ2) is 7.02. The minimum Gasteiger partial charge on any atom is -0.224 e. The van der Waals surface area contributed by atoms with Gasteiger partial charge in [0.2, 0.25) is 0 Å². The molecule has 0 fully saturated rings. The fraction of sp³-hybridized carbons (Fsp3) is 0. The fourth-order valence-electron chi connectivity index (χ4n) is 1.55. The Bertz CT molecular complexity index is 468. The van der Waals surface area contributed by atoms with Gasteiger partial charge in [0.25, 0.3) is 0 Å². The Balaban J connectivity index is 0.000000169. The van der Waals surface area contributed by atoms with Gasteiger partial charge in [0.05, 0.1) is 0 Å². The Morgan fingerprint density at radius 1 is 0.444 bits per heavy atom. The number of hydrogen-bond acceptors (Lipinski definition) is 0. The summed E-state index contributed by atoms with van der Waals surface area (Å²) in [7, 11) is 0. The van der Waals surface area contributed by atoms with E-state index in [0.29, 0.717) is 0 Å². The highest BCUT2D eigenvalue weighted by Gasteiger charge is 1.91. The molecule has 0 aliphatic rings. The maximum absolute atomic E-state index is 4.68. The van der Waals surface area contributed by atoms with Crippen LogP contribution in [0.2, 0.25) is 0 Å². The van der Waals surface area contributed by atoms with Crippen molar-refractivity contribution in [1.29, 1.82) is 0 Å². The molecule has 0 aliphatic heterocycles. The van der Waals surface area contributed by atoms with Crippen molar-refractivity contribution in [2.75, 3.05) is 0 Å². The van der Waals surface area contributed by atoms with Crippen molar-refractivity contribution >= 4 is 0 Å². The van der Waals surface area contributed by atoms with Crippen molar-refractivity contribution in [2.45, 2.75) is 0 Å². The Morgan fingerprint density at radius 2 is 0.833 bits per heavy atom. The topological polar surface area (TPSA) is 11.3 Å². The number of hydrogen-bond donors (Lipinski definition) is 0. The van der Waals surface area contributed by atoms with E-state index in [1.807, 2.05) is 30.3 Å². The van der Waals surface area contributed by atoms with E-state index in [0.717, 1.165) is 0 Å². The Hall–Kier alpha value is -2.41. The maximum Gasteiger partial charge on any atom is 0.317 e. The molecule has 1 aromatic heterocycles. The molecule has 0 aliphatic carbocycles. The van der Waals surface area contributed by atoms with Crippen molar-refractivity contribution in [2.24, 2.45) is 0 Å². The summed E-state index contributed by atoms with van der Waals surface area (Å²) in [6, 6.07) is 26.4. The molecule has 0 amide bonds. The van der Waals surface area contributed by atoms with Crippen LogP contribution in [0.25, 0.3) is 11.1 Å². The average molecular weight is 235 g/mol. The molecule has 0 saturated carbocycles. The highest BCUT2D eigenvalue weighted by Crippen LogP contribution is 2.17. The molecule has 0 saturated heterocycles. The molecule has 2 aromatic carbocycles. The van der Waals surface area contributed by atoms with Crippen LogP contribution in [-0.4, -0.2) is 0 Å². The summed E-state index contributed by atoms with van der Waals surface area (Å²) in [5, 5.41) is 0. The molecule has 0 N–H and O–H groups in total. The van der Waals surface area contributed by atoms with Crippen molar-refractivity contribution in [3.63, 3.8) is 0 Å². The molecule has 0 bridgehead atoms. The van der Waals surface area contributed by atoms with Gasteiger partial charge in [0.15, 0.2) is 0 Å². The van der Waals surface area contributed by atoms with Gasteiger partial charge in [-0.25, -0.2) is 4.42 Å². The van der Waals surface area contributed by atoms with Gasteiger partial charge in [0, 0.05) is 12.1 Å². The predicted molar refractivity (Wildman–Crippen MR) is 75.0 cm³/mol. The Labute approximate surface area is 107 Å². The largest absolute Gasteiger partial charge is 0.317 e. The first-order valence-electron chi connectivity index (χ1n) is 5.88. The third-order valence-corrected chi connectivity index (χ3v) is 2.42. The summed E-state index contributed by atoms with van der Waals surface area (Å²) < 4.78 is 4.68. The molecule has 0 unspecified atom stereocenters. The van der Waals surface area contributed by atoms with Crippen molar-refractivity contribution in [1.82, 2.24) is 0 Å². The zero-order chi connectivity index (χ0) is 12.5. The van der Waals surface area contributed by atoms with Crippen LogP contribution in [0.4, 0.5) is 0 Å². The number of benzene rings is 2. The van der Waals surface area contributed by atoms with E-state index >= 15 is 0 Å². The van der Waals surface area contributed by atoms with Gasteiger partial charge in [-0.1, -0.05) is 60.7 Å². The molecule has 1 nitrogen and oxygen atoms in total. The van der Waals surface area contributed by atoms with Crippen LogP contribution >= 0.6 is 0 Å². The molecule has 18 heavy (non-hydrogen) atoms. The maximum atomic E-state index is 4.68. The summed E-state index contributed by atoms with van der Waals surface area (Å²) in [6.45, 7) is 0. The van der Waals surface area contributed by atoms with E-state index in [1.54, 1.807) is 12.5 Å². The standard InChI is InChI=1S/C12H10.C5H5O/c1-3-7-11(8-4-1)12-9-5-2-6-10-12;1-2-4-6-5-3-1/h1-10H;1-5H/q;+1. The summed E-state index contributed by atoms with van der Waals surface area (Å²) in [4.78, 5) is 0. The fourth-order valence-corrected chi connectivity index (χ4v) is 1.55. The molecule has 3 aromatic rings. The van der Waals surface area contributed by atoms with Gasteiger partial charge >= 0.3 is 12.5 Å². The number of rotatable bonds is 1. The van der Waals surface area contributed by atoms with Crippen LogP contribution in [-0.2, 0) is 0 Å². The van der Waals surface area contributed by atoms with E-state index < -0.39 is 0 Å². The molecule has 1 heterocycles. The third-order valence-electron chi connectivity index (χ3n) is 2.42. The molecular formula is C17H15O+. The van der Waals surface area contributed by atoms with E-state index in [1.165, 1.54) is 11.1 Å². The quantitative estimate of drug-likeness (QED) is 0.545. The summed E-state index contributed by atoms with van der Waals surface area (Å²) in [6.07, 6.45) is 3.25. The minimum atomic E-state index is 1.28. The van der Waals surface area contributed by atoms with Crippen LogP contribution in [0.15, 0.2) is 95.8 Å². The van der Waals surface area contributed by atoms with Gasteiger partial charge in [-0.3, -0.25) is 0 Å². The van der Waals surface area contributed by atoms with Crippen LogP contribution in [0.5, 0.6) is 0 Å². The monoisotopic (exact) mass is 235 g/mol. The van der Waals surface area contributed by atoms with E-state index in [2.05, 4.69) is 52.9 Å². The third kappa shape index (κ3) is 3.87. The van der Waals surface area contributed by atoms with Crippen LogP contribution in [0.1, 0.15) is 0 Å². The summed E-state index contributed by atoms with van der Waals surface area (Å²) >= 11 is 0. The molecule has 88 valence electrons. The highest BCUT2D eigenvalue weighted by atomic mass is 16.3. The Morgan fingerprint density at radius 3 is 1.11 bits per heavy atom. The van der Waals surface area contributed by atoms with Gasteiger partial charge < -0.3 is 0 Å². The van der Waals surface area contributed by atoms with E-state index in [9.17, 15) is 0 Å². The molecule has 0 radical (unpaired) electrons. The van der Waals surface area contributed by atoms with Crippen LogP contribution < -0.4 is 0 Å². The zero-order valence-electron chi connectivity index (χ0n) is 10.1. The van der Waals surface area contributed by atoms with Crippen LogP contribution in [0.3, 0.4) is 0 Å². The second-order valence-corrected chi connectivity index (χ2v) is 3.72. The molecule has 3 rings (SSSR count). The van der Waals surface area contributed by atoms with Gasteiger partial charge in [-0.05, 0) is 17.2 Å². The molecule has 0 atom stereocenters. The lowest BCUT2D eigenvalue weighted by Crippen LogP contribution is -1.73. The second-order valence-electron chi connectivity index (χ2n) is 3.72. The van der Waals surface area contributed by atoms with E-state index in [-0.39, 0.29) is 0 Å². The minimum absolute atomic E-state index is 1.28. The normalized spacial score (nSPS) is 9.11. The first-order valence-corrected chi connectivity index (χ1v) is 5.88. The SMILES string of the molecule is c1cc[o+]cc1.c1ccc(-c2ccccc2)cc1. The molecule has 1 heteroatoms. The Kier molecular flexibility index (Phi) is 4.70. The van der Waals surface area contributed by atoms with Crippen molar-refractivity contribution < 1.29 is 4.42 Å². The van der Waals surface area contributed by atoms with E-state index in [4.69, 9.17) is 0 Å². The van der Waals surface area contributed by atoms with Gasteiger partial charge in [-0.15, -0.1) is 0 Å². The lowest BCUT2D eigenvalue weighted by Gasteiger charge is -1.98. The predicted octanol–water partition coefficient (Wildman–Crippen LogP) is 4.91. The lowest BCUT2D eigenvalue weighted by molar-refractivity contribution is 0.550. The molecular weight excluding hydrogens is 220 g/mol. The molecule has 0 spiro atoms. The van der Waals surface area contributed by atoms with Crippen LogP contribution in [0, 0.1) is 0 Å². The average Bonchev–Trinajstić information content (AvgIpc) is 2.51. The van der Waals surface area contributed by atoms with Crippen molar-refractivity contribution in [3.05, 3.63) is 91.4 Å². The van der Waals surface area contributed by atoms with Gasteiger partial charge in [-0.2, -0.15) is 0 Å².